The summed E-state index contributed by atoms with van der Waals surface area (Å²) >= 11 is 0. The van der Waals surface area contributed by atoms with Crippen molar-refractivity contribution in [1.29, 1.82) is 0 Å². The predicted molar refractivity (Wildman–Crippen MR) is 64.3 cm³/mol. The number of alkyl halides is 3. The molecule has 0 aromatic heterocycles. The van der Waals surface area contributed by atoms with E-state index in [1.54, 1.807) is 5.01 Å². The molecule has 7 heteroatoms. The number of hydrazine groups is 1. The van der Waals surface area contributed by atoms with Gasteiger partial charge in [0.2, 0.25) is 0 Å². The van der Waals surface area contributed by atoms with Crippen LogP contribution in [-0.4, -0.2) is 24.0 Å². The Morgan fingerprint density at radius 2 is 1.80 bits per heavy atom. The van der Waals surface area contributed by atoms with Gasteiger partial charge in [-0.1, -0.05) is 12.5 Å². The third-order valence-electron chi connectivity index (χ3n) is 3.16. The Labute approximate surface area is 113 Å². The highest BCUT2D eigenvalue weighted by molar-refractivity contribution is 5.94. The van der Waals surface area contributed by atoms with Gasteiger partial charge in [-0.3, -0.25) is 10.2 Å². The van der Waals surface area contributed by atoms with Crippen LogP contribution in [0.4, 0.5) is 17.6 Å². The fourth-order valence-electron chi connectivity index (χ4n) is 2.14. The van der Waals surface area contributed by atoms with Gasteiger partial charge in [0, 0.05) is 13.1 Å². The number of halogens is 4. The first kappa shape index (κ1) is 14.8. The Balaban J connectivity index is 2.17. The number of rotatable bonds is 2. The van der Waals surface area contributed by atoms with Gasteiger partial charge < -0.3 is 0 Å². The lowest BCUT2D eigenvalue weighted by Crippen LogP contribution is -2.45. The lowest BCUT2D eigenvalue weighted by atomic mass is 10.1. The Bertz CT molecular complexity index is 496. The molecule has 0 atom stereocenters. The summed E-state index contributed by atoms with van der Waals surface area (Å²) in [6.45, 7) is 1.23. The minimum absolute atomic E-state index is 0.592. The summed E-state index contributed by atoms with van der Waals surface area (Å²) in [5.41, 5.74) is 0.422. The molecule has 1 aromatic rings. The number of carbonyl (C=O) groups is 1. The molecular weight excluding hydrogens is 276 g/mol. The van der Waals surface area contributed by atoms with E-state index < -0.39 is 29.0 Å². The van der Waals surface area contributed by atoms with Crippen molar-refractivity contribution in [2.45, 2.75) is 25.4 Å². The van der Waals surface area contributed by atoms with E-state index in [1.807, 2.05) is 0 Å². The topological polar surface area (TPSA) is 32.3 Å². The number of nitrogens with one attached hydrogen (secondary N) is 1. The van der Waals surface area contributed by atoms with Crippen LogP contribution in [0.25, 0.3) is 0 Å². The summed E-state index contributed by atoms with van der Waals surface area (Å²) in [6, 6.07) is 2.69. The Morgan fingerprint density at radius 1 is 1.15 bits per heavy atom. The molecule has 1 aliphatic heterocycles. The van der Waals surface area contributed by atoms with Crippen LogP contribution in [0.15, 0.2) is 18.2 Å². The van der Waals surface area contributed by atoms with Crippen LogP contribution in [0.2, 0.25) is 0 Å². The second-order valence-corrected chi connectivity index (χ2v) is 4.65. The van der Waals surface area contributed by atoms with Gasteiger partial charge in [0.15, 0.2) is 0 Å². The molecule has 0 bridgehead atoms. The molecule has 1 heterocycles. The zero-order valence-corrected chi connectivity index (χ0v) is 10.6. The molecule has 110 valence electrons. The van der Waals surface area contributed by atoms with E-state index in [4.69, 9.17) is 0 Å². The second kappa shape index (κ2) is 5.78. The van der Waals surface area contributed by atoms with E-state index in [9.17, 15) is 22.4 Å². The van der Waals surface area contributed by atoms with Crippen LogP contribution in [-0.2, 0) is 6.18 Å². The van der Waals surface area contributed by atoms with Crippen LogP contribution in [0, 0.1) is 5.82 Å². The van der Waals surface area contributed by atoms with Crippen molar-refractivity contribution in [3.63, 3.8) is 0 Å². The minimum atomic E-state index is -4.81. The number of benzene rings is 1. The minimum Gasteiger partial charge on any atom is -0.285 e. The molecule has 1 amide bonds. The standard InChI is InChI=1S/C13H14F4N2O/c14-11-9(5-4-6-10(11)13(15,16)17)12(20)18-19-7-2-1-3-8-19/h4-6H,1-3,7-8H2,(H,18,20). The lowest BCUT2D eigenvalue weighted by Gasteiger charge is -2.27. The molecule has 1 aliphatic rings. The number of nitrogens with zero attached hydrogens (tertiary/aromatic N) is 1. The van der Waals surface area contributed by atoms with Gasteiger partial charge in [-0.05, 0) is 25.0 Å². The summed E-state index contributed by atoms with van der Waals surface area (Å²) in [5, 5.41) is 1.60. The fourth-order valence-corrected chi connectivity index (χ4v) is 2.14. The second-order valence-electron chi connectivity index (χ2n) is 4.65. The van der Waals surface area contributed by atoms with Gasteiger partial charge in [0.05, 0.1) is 11.1 Å². The smallest absolute Gasteiger partial charge is 0.285 e. The van der Waals surface area contributed by atoms with E-state index in [-0.39, 0.29) is 0 Å². The maximum absolute atomic E-state index is 13.8. The molecule has 0 spiro atoms. The zero-order valence-electron chi connectivity index (χ0n) is 10.6. The van der Waals surface area contributed by atoms with Crippen LogP contribution in [0.1, 0.15) is 35.2 Å². The largest absolute Gasteiger partial charge is 0.419 e. The number of piperidine rings is 1. The Kier molecular flexibility index (Phi) is 4.27. The molecule has 1 fully saturated rings. The van der Waals surface area contributed by atoms with Crippen molar-refractivity contribution in [1.82, 2.24) is 10.4 Å². The van der Waals surface area contributed by atoms with Gasteiger partial charge in [-0.2, -0.15) is 13.2 Å². The number of carbonyl (C=O) groups excluding carboxylic acids is 1. The summed E-state index contributed by atoms with van der Waals surface area (Å²) in [4.78, 5) is 11.9. The quantitative estimate of drug-likeness (QED) is 0.849. The van der Waals surface area contributed by atoms with Crippen molar-refractivity contribution in [3.8, 4) is 0 Å². The monoisotopic (exact) mass is 290 g/mol. The first-order valence-electron chi connectivity index (χ1n) is 6.31. The zero-order chi connectivity index (χ0) is 14.8. The molecule has 0 unspecified atom stereocenters. The maximum Gasteiger partial charge on any atom is 0.419 e. The predicted octanol–water partition coefficient (Wildman–Crippen LogP) is 2.98. The molecule has 2 rings (SSSR count). The van der Waals surface area contributed by atoms with E-state index in [2.05, 4.69) is 5.43 Å². The lowest BCUT2D eigenvalue weighted by molar-refractivity contribution is -0.140. The third-order valence-corrected chi connectivity index (χ3v) is 3.16. The van der Waals surface area contributed by atoms with E-state index in [0.717, 1.165) is 31.4 Å². The van der Waals surface area contributed by atoms with Crippen molar-refractivity contribution in [3.05, 3.63) is 35.1 Å². The first-order valence-corrected chi connectivity index (χ1v) is 6.31. The SMILES string of the molecule is O=C(NN1CCCCC1)c1cccc(C(F)(F)F)c1F. The molecule has 0 saturated carbocycles. The molecule has 1 saturated heterocycles. The molecule has 1 aromatic carbocycles. The van der Waals surface area contributed by atoms with Crippen LogP contribution in [0.5, 0.6) is 0 Å². The van der Waals surface area contributed by atoms with E-state index in [0.29, 0.717) is 19.2 Å². The van der Waals surface area contributed by atoms with Gasteiger partial charge >= 0.3 is 6.18 Å². The van der Waals surface area contributed by atoms with Crippen molar-refractivity contribution in [2.75, 3.05) is 13.1 Å². The number of hydrogen-bond donors (Lipinski definition) is 1. The van der Waals surface area contributed by atoms with Gasteiger partial charge in [0.25, 0.3) is 5.91 Å². The third kappa shape index (κ3) is 3.27. The van der Waals surface area contributed by atoms with Crippen LogP contribution >= 0.6 is 0 Å². The van der Waals surface area contributed by atoms with E-state index in [1.165, 1.54) is 0 Å². The average molecular weight is 290 g/mol. The Morgan fingerprint density at radius 3 is 2.40 bits per heavy atom. The van der Waals surface area contributed by atoms with Crippen LogP contribution in [0.3, 0.4) is 0 Å². The molecule has 0 aliphatic carbocycles. The number of hydrogen-bond acceptors (Lipinski definition) is 2. The molecule has 0 radical (unpaired) electrons. The van der Waals surface area contributed by atoms with Crippen molar-refractivity contribution < 1.29 is 22.4 Å². The van der Waals surface area contributed by atoms with Gasteiger partial charge in [0.1, 0.15) is 5.82 Å². The summed E-state index contributed by atoms with van der Waals surface area (Å²) in [7, 11) is 0. The summed E-state index contributed by atoms with van der Waals surface area (Å²) in [5.74, 6) is -2.38. The van der Waals surface area contributed by atoms with Crippen molar-refractivity contribution >= 4 is 5.91 Å². The maximum atomic E-state index is 13.8. The highest BCUT2D eigenvalue weighted by Gasteiger charge is 2.35. The fraction of sp³-hybridized carbons (Fsp3) is 0.462. The number of amides is 1. The molecule has 3 nitrogen and oxygen atoms in total. The average Bonchev–Trinajstić information content (AvgIpc) is 2.38. The Hall–Kier alpha value is -1.63. The highest BCUT2D eigenvalue weighted by Crippen LogP contribution is 2.32. The summed E-state index contributed by atoms with van der Waals surface area (Å²) < 4.78 is 51.5. The van der Waals surface area contributed by atoms with E-state index >= 15 is 0 Å². The van der Waals surface area contributed by atoms with Gasteiger partial charge in [-0.15, -0.1) is 0 Å². The molecular formula is C13H14F4N2O. The van der Waals surface area contributed by atoms with Crippen LogP contribution < -0.4 is 5.43 Å². The van der Waals surface area contributed by atoms with Crippen molar-refractivity contribution in [2.24, 2.45) is 0 Å². The first-order chi connectivity index (χ1) is 9.39. The van der Waals surface area contributed by atoms with Gasteiger partial charge in [-0.25, -0.2) is 9.40 Å². The molecule has 20 heavy (non-hydrogen) atoms. The molecule has 1 N–H and O–H groups in total. The normalized spacial score (nSPS) is 17.0. The summed E-state index contributed by atoms with van der Waals surface area (Å²) in [6.07, 6.45) is -1.98. The highest BCUT2D eigenvalue weighted by atomic mass is 19.4.